The van der Waals surface area contributed by atoms with Gasteiger partial charge in [0, 0.05) is 6.42 Å². The van der Waals surface area contributed by atoms with Crippen LogP contribution in [0.25, 0.3) is 0 Å². The highest BCUT2D eigenvalue weighted by molar-refractivity contribution is 5.99. The Morgan fingerprint density at radius 2 is 1.75 bits per heavy atom. The maximum atomic E-state index is 12.2. The minimum Gasteiger partial charge on any atom is -0.497 e. The first-order valence-electron chi connectivity index (χ1n) is 6.40. The van der Waals surface area contributed by atoms with Crippen molar-refractivity contribution < 1.29 is 14.3 Å². The van der Waals surface area contributed by atoms with E-state index in [1.54, 1.807) is 31.4 Å². The van der Waals surface area contributed by atoms with Crippen LogP contribution in [0.2, 0.25) is 0 Å². The highest BCUT2D eigenvalue weighted by Crippen LogP contribution is 2.20. The minimum absolute atomic E-state index is 0.101. The highest BCUT2D eigenvalue weighted by Gasteiger charge is 2.19. The van der Waals surface area contributed by atoms with Crippen LogP contribution in [0.4, 0.5) is 0 Å². The summed E-state index contributed by atoms with van der Waals surface area (Å²) in [4.78, 5) is 23.5. The lowest BCUT2D eigenvalue weighted by Gasteiger charge is -2.10. The average molecular weight is 268 g/mol. The first-order valence-corrected chi connectivity index (χ1v) is 6.40. The molecule has 0 radical (unpaired) electrons. The Morgan fingerprint density at radius 3 is 2.30 bits per heavy atom. The molecule has 2 aromatic rings. The molecule has 0 amide bonds. The fourth-order valence-electron chi connectivity index (χ4n) is 2.06. The smallest absolute Gasteiger partial charge is 0.151 e. The van der Waals surface area contributed by atoms with Crippen molar-refractivity contribution in [3.63, 3.8) is 0 Å². The van der Waals surface area contributed by atoms with Gasteiger partial charge in [-0.3, -0.25) is 4.79 Å². The summed E-state index contributed by atoms with van der Waals surface area (Å²) in [5.74, 6) is -0.119. The molecule has 3 nitrogen and oxygen atoms in total. The molecule has 2 rings (SSSR count). The molecular formula is C17H16O3. The van der Waals surface area contributed by atoms with E-state index in [-0.39, 0.29) is 12.2 Å². The molecule has 1 unspecified atom stereocenters. The van der Waals surface area contributed by atoms with Crippen LogP contribution >= 0.6 is 0 Å². The van der Waals surface area contributed by atoms with E-state index in [0.29, 0.717) is 17.6 Å². The standard InChI is InChI=1S/C17H16O3/c1-20-15-9-7-14(8-10-15)16(12-18)17(19)11-13-5-3-2-4-6-13/h2-10,12,16H,11H2,1H3. The average Bonchev–Trinajstić information content (AvgIpc) is 2.49. The molecule has 0 fully saturated rings. The van der Waals surface area contributed by atoms with Crippen LogP contribution in [0.1, 0.15) is 17.0 Å². The maximum absolute atomic E-state index is 12.2. The lowest BCUT2D eigenvalue weighted by Crippen LogP contribution is -2.16. The molecule has 0 saturated carbocycles. The lowest BCUT2D eigenvalue weighted by atomic mass is 9.92. The Bertz CT molecular complexity index is 573. The van der Waals surface area contributed by atoms with Crippen LogP contribution in [0.3, 0.4) is 0 Å². The Kier molecular flexibility index (Phi) is 4.66. The van der Waals surface area contributed by atoms with Gasteiger partial charge in [-0.1, -0.05) is 42.5 Å². The Labute approximate surface area is 118 Å². The van der Waals surface area contributed by atoms with Crippen molar-refractivity contribution >= 4 is 12.1 Å². The zero-order valence-corrected chi connectivity index (χ0v) is 11.3. The monoisotopic (exact) mass is 268 g/mol. The summed E-state index contributed by atoms with van der Waals surface area (Å²) in [7, 11) is 1.58. The molecule has 0 aromatic heterocycles. The van der Waals surface area contributed by atoms with Crippen molar-refractivity contribution in [2.45, 2.75) is 12.3 Å². The fourth-order valence-corrected chi connectivity index (χ4v) is 2.06. The maximum Gasteiger partial charge on any atom is 0.151 e. The molecule has 102 valence electrons. The lowest BCUT2D eigenvalue weighted by molar-refractivity contribution is -0.123. The van der Waals surface area contributed by atoms with Crippen molar-refractivity contribution in [2.75, 3.05) is 7.11 Å². The molecule has 0 heterocycles. The second kappa shape index (κ2) is 6.66. The quantitative estimate of drug-likeness (QED) is 0.597. The number of carbonyl (C=O) groups is 2. The molecule has 0 saturated heterocycles. The first kappa shape index (κ1) is 14.0. The summed E-state index contributed by atoms with van der Waals surface area (Å²) >= 11 is 0. The van der Waals surface area contributed by atoms with Crippen LogP contribution in [0.15, 0.2) is 54.6 Å². The fraction of sp³-hybridized carbons (Fsp3) is 0.176. The van der Waals surface area contributed by atoms with E-state index in [2.05, 4.69) is 0 Å². The number of methoxy groups -OCH3 is 1. The number of ether oxygens (including phenoxy) is 1. The van der Waals surface area contributed by atoms with Crippen molar-refractivity contribution in [3.05, 3.63) is 65.7 Å². The van der Waals surface area contributed by atoms with Crippen LogP contribution in [0.5, 0.6) is 5.75 Å². The highest BCUT2D eigenvalue weighted by atomic mass is 16.5. The predicted molar refractivity (Wildman–Crippen MR) is 77.0 cm³/mol. The third kappa shape index (κ3) is 3.32. The van der Waals surface area contributed by atoms with Crippen molar-refractivity contribution in [2.24, 2.45) is 0 Å². The number of hydrogen-bond donors (Lipinski definition) is 0. The van der Waals surface area contributed by atoms with Gasteiger partial charge in [0.15, 0.2) is 5.78 Å². The number of hydrogen-bond acceptors (Lipinski definition) is 3. The van der Waals surface area contributed by atoms with Crippen LogP contribution < -0.4 is 4.74 Å². The third-order valence-electron chi connectivity index (χ3n) is 3.18. The zero-order chi connectivity index (χ0) is 14.4. The van der Waals surface area contributed by atoms with Crippen molar-refractivity contribution in [3.8, 4) is 5.75 Å². The largest absolute Gasteiger partial charge is 0.497 e. The number of aldehydes is 1. The van der Waals surface area contributed by atoms with Gasteiger partial charge in [-0.2, -0.15) is 0 Å². The second-order valence-corrected chi connectivity index (χ2v) is 4.52. The summed E-state index contributed by atoms with van der Waals surface area (Å²) in [5.41, 5.74) is 1.61. The van der Waals surface area contributed by atoms with Gasteiger partial charge >= 0.3 is 0 Å². The van der Waals surface area contributed by atoms with Gasteiger partial charge in [0.25, 0.3) is 0 Å². The van der Waals surface area contributed by atoms with Crippen LogP contribution in [-0.4, -0.2) is 19.2 Å². The normalized spacial score (nSPS) is 11.7. The number of rotatable bonds is 6. The molecule has 1 atom stereocenters. The summed E-state index contributed by atoms with van der Waals surface area (Å²) in [5, 5.41) is 0. The number of ketones is 1. The van der Waals surface area contributed by atoms with E-state index in [1.165, 1.54) is 0 Å². The van der Waals surface area contributed by atoms with E-state index in [9.17, 15) is 9.59 Å². The minimum atomic E-state index is -0.721. The van der Waals surface area contributed by atoms with Gasteiger partial charge in [-0.05, 0) is 23.3 Å². The molecule has 0 spiro atoms. The van der Waals surface area contributed by atoms with E-state index in [4.69, 9.17) is 4.74 Å². The van der Waals surface area contributed by atoms with E-state index in [0.717, 1.165) is 5.56 Å². The molecule has 0 aliphatic heterocycles. The van der Waals surface area contributed by atoms with Gasteiger partial charge in [0.2, 0.25) is 0 Å². The number of benzene rings is 2. The number of Topliss-reactive ketones (excluding diaryl/α,β-unsaturated/α-hetero) is 1. The van der Waals surface area contributed by atoms with Gasteiger partial charge in [0.1, 0.15) is 12.0 Å². The molecule has 0 bridgehead atoms. The SMILES string of the molecule is COc1ccc(C(C=O)C(=O)Cc2ccccc2)cc1. The van der Waals surface area contributed by atoms with Crippen molar-refractivity contribution in [1.29, 1.82) is 0 Å². The van der Waals surface area contributed by atoms with Gasteiger partial charge < -0.3 is 9.53 Å². The summed E-state index contributed by atoms with van der Waals surface area (Å²) in [6.07, 6.45) is 0.962. The van der Waals surface area contributed by atoms with Crippen LogP contribution in [-0.2, 0) is 16.0 Å². The van der Waals surface area contributed by atoms with E-state index >= 15 is 0 Å². The number of carbonyl (C=O) groups excluding carboxylic acids is 2. The van der Waals surface area contributed by atoms with Gasteiger partial charge in [0.05, 0.1) is 13.0 Å². The van der Waals surface area contributed by atoms with E-state index < -0.39 is 5.92 Å². The summed E-state index contributed by atoms with van der Waals surface area (Å²) in [6.45, 7) is 0. The molecule has 0 aliphatic rings. The molecule has 20 heavy (non-hydrogen) atoms. The molecule has 0 N–H and O–H groups in total. The Balaban J connectivity index is 2.14. The summed E-state index contributed by atoms with van der Waals surface area (Å²) in [6, 6.07) is 16.4. The zero-order valence-electron chi connectivity index (χ0n) is 11.3. The summed E-state index contributed by atoms with van der Waals surface area (Å²) < 4.78 is 5.07. The van der Waals surface area contributed by atoms with Crippen molar-refractivity contribution in [1.82, 2.24) is 0 Å². The van der Waals surface area contributed by atoms with E-state index in [1.807, 2.05) is 30.3 Å². The molecule has 0 aliphatic carbocycles. The topological polar surface area (TPSA) is 43.4 Å². The molecule has 2 aromatic carbocycles. The molecule has 3 heteroatoms. The Hall–Kier alpha value is -2.42. The molecular weight excluding hydrogens is 252 g/mol. The van der Waals surface area contributed by atoms with Gasteiger partial charge in [-0.15, -0.1) is 0 Å². The van der Waals surface area contributed by atoms with Gasteiger partial charge in [-0.25, -0.2) is 0 Å². The Morgan fingerprint density at radius 1 is 1.10 bits per heavy atom. The third-order valence-corrected chi connectivity index (χ3v) is 3.18. The first-order chi connectivity index (χ1) is 9.74. The second-order valence-electron chi connectivity index (χ2n) is 4.52. The van der Waals surface area contributed by atoms with Crippen LogP contribution in [0, 0.1) is 0 Å². The predicted octanol–water partition coefficient (Wildman–Crippen LogP) is 2.79.